The molecule has 0 radical (unpaired) electrons. The first kappa shape index (κ1) is 18.5. The zero-order chi connectivity index (χ0) is 18.6. The SMILES string of the molecule is CCn1c(SCC(=O)N2CCC[C@@H]3CCCC[C@H]32)nnc1-c1ccncc1. The molecule has 6 nitrogen and oxygen atoms in total. The van der Waals surface area contributed by atoms with Crippen molar-refractivity contribution in [3.8, 4) is 11.4 Å². The monoisotopic (exact) mass is 385 g/mol. The Morgan fingerprint density at radius 3 is 2.74 bits per heavy atom. The van der Waals surface area contributed by atoms with Crippen LogP contribution < -0.4 is 0 Å². The van der Waals surface area contributed by atoms with E-state index in [4.69, 9.17) is 0 Å². The Hall–Kier alpha value is -1.89. The number of fused-ring (bicyclic) bond motifs is 1. The van der Waals surface area contributed by atoms with Crippen molar-refractivity contribution in [2.75, 3.05) is 12.3 Å². The Morgan fingerprint density at radius 2 is 1.93 bits per heavy atom. The first-order chi connectivity index (χ1) is 13.3. The molecule has 1 saturated carbocycles. The van der Waals surface area contributed by atoms with Crippen LogP contribution in [0.2, 0.25) is 0 Å². The van der Waals surface area contributed by atoms with Gasteiger partial charge in [-0.25, -0.2) is 0 Å². The number of aromatic nitrogens is 4. The molecule has 7 heteroatoms. The highest BCUT2D eigenvalue weighted by Crippen LogP contribution is 2.35. The molecule has 0 unspecified atom stereocenters. The van der Waals surface area contributed by atoms with Crippen LogP contribution in [0, 0.1) is 5.92 Å². The molecular weight excluding hydrogens is 358 g/mol. The zero-order valence-electron chi connectivity index (χ0n) is 15.9. The molecule has 1 aliphatic carbocycles. The van der Waals surface area contributed by atoms with Gasteiger partial charge >= 0.3 is 0 Å². The second kappa shape index (κ2) is 8.42. The summed E-state index contributed by atoms with van der Waals surface area (Å²) in [5.41, 5.74) is 0.999. The zero-order valence-corrected chi connectivity index (χ0v) is 16.7. The molecular formula is C20H27N5OS. The predicted molar refractivity (Wildman–Crippen MR) is 106 cm³/mol. The number of hydrogen-bond acceptors (Lipinski definition) is 5. The summed E-state index contributed by atoms with van der Waals surface area (Å²) in [5, 5.41) is 9.51. The van der Waals surface area contributed by atoms with E-state index >= 15 is 0 Å². The molecule has 2 aliphatic rings. The van der Waals surface area contributed by atoms with Crippen molar-refractivity contribution in [2.24, 2.45) is 5.92 Å². The molecule has 0 spiro atoms. The number of carbonyl (C=O) groups excluding carboxylic acids is 1. The smallest absolute Gasteiger partial charge is 0.233 e. The average molecular weight is 386 g/mol. The van der Waals surface area contributed by atoms with E-state index in [1.807, 2.05) is 12.1 Å². The van der Waals surface area contributed by atoms with Crippen molar-refractivity contribution in [1.29, 1.82) is 0 Å². The lowest BCUT2D eigenvalue weighted by Crippen LogP contribution is -2.50. The van der Waals surface area contributed by atoms with Gasteiger partial charge in [-0.05, 0) is 50.7 Å². The van der Waals surface area contributed by atoms with Crippen LogP contribution in [-0.4, -0.2) is 48.9 Å². The maximum Gasteiger partial charge on any atom is 0.233 e. The van der Waals surface area contributed by atoms with Gasteiger partial charge in [0.05, 0.1) is 5.75 Å². The summed E-state index contributed by atoms with van der Waals surface area (Å²) in [6.45, 7) is 3.77. The number of thioether (sulfide) groups is 1. The summed E-state index contributed by atoms with van der Waals surface area (Å²) in [6, 6.07) is 4.34. The topological polar surface area (TPSA) is 63.9 Å². The van der Waals surface area contributed by atoms with E-state index in [0.717, 1.165) is 42.0 Å². The standard InChI is InChI=1S/C20H27N5OS/c1-2-24-19(16-9-11-21-12-10-16)22-23-20(24)27-14-18(26)25-13-5-7-15-6-3-4-8-17(15)25/h9-12,15,17H,2-8,13-14H2,1H3/t15-,17+/m0/s1. The molecule has 1 saturated heterocycles. The highest BCUT2D eigenvalue weighted by Gasteiger charge is 2.35. The average Bonchev–Trinajstić information content (AvgIpc) is 3.15. The lowest BCUT2D eigenvalue weighted by atomic mass is 9.78. The van der Waals surface area contributed by atoms with E-state index < -0.39 is 0 Å². The van der Waals surface area contributed by atoms with Gasteiger partial charge < -0.3 is 9.47 Å². The first-order valence-corrected chi connectivity index (χ1v) is 11.0. The Morgan fingerprint density at radius 1 is 1.15 bits per heavy atom. The Bertz CT molecular complexity index is 776. The lowest BCUT2D eigenvalue weighted by molar-refractivity contribution is -0.134. The van der Waals surface area contributed by atoms with E-state index in [0.29, 0.717) is 11.8 Å². The van der Waals surface area contributed by atoms with E-state index in [1.165, 1.54) is 43.9 Å². The maximum absolute atomic E-state index is 12.9. The fourth-order valence-electron chi connectivity index (χ4n) is 4.54. The molecule has 144 valence electrons. The molecule has 4 rings (SSSR count). The summed E-state index contributed by atoms with van der Waals surface area (Å²) in [7, 11) is 0. The van der Waals surface area contributed by atoms with Crippen LogP contribution in [0.4, 0.5) is 0 Å². The van der Waals surface area contributed by atoms with Crippen LogP contribution >= 0.6 is 11.8 Å². The number of hydrogen-bond donors (Lipinski definition) is 0. The van der Waals surface area contributed by atoms with Gasteiger partial charge in [0.25, 0.3) is 0 Å². The quantitative estimate of drug-likeness (QED) is 0.736. The number of amides is 1. The van der Waals surface area contributed by atoms with Gasteiger partial charge in [0.1, 0.15) is 0 Å². The van der Waals surface area contributed by atoms with Gasteiger partial charge in [-0.1, -0.05) is 24.6 Å². The molecule has 27 heavy (non-hydrogen) atoms. The second-order valence-electron chi connectivity index (χ2n) is 7.42. The van der Waals surface area contributed by atoms with Gasteiger partial charge in [0.2, 0.25) is 5.91 Å². The van der Waals surface area contributed by atoms with Gasteiger partial charge in [0.15, 0.2) is 11.0 Å². The van der Waals surface area contributed by atoms with Crippen molar-refractivity contribution in [3.63, 3.8) is 0 Å². The van der Waals surface area contributed by atoms with E-state index in [1.54, 1.807) is 12.4 Å². The van der Waals surface area contributed by atoms with Crippen LogP contribution in [0.1, 0.15) is 45.4 Å². The Kier molecular flexibility index (Phi) is 5.76. The van der Waals surface area contributed by atoms with Crippen molar-refractivity contribution in [1.82, 2.24) is 24.6 Å². The normalized spacial score (nSPS) is 22.5. The largest absolute Gasteiger partial charge is 0.339 e. The number of carbonyl (C=O) groups is 1. The minimum Gasteiger partial charge on any atom is -0.339 e. The maximum atomic E-state index is 12.9. The molecule has 1 amide bonds. The molecule has 2 aromatic heterocycles. The summed E-state index contributed by atoms with van der Waals surface area (Å²) in [4.78, 5) is 19.2. The van der Waals surface area contributed by atoms with Crippen molar-refractivity contribution >= 4 is 17.7 Å². The molecule has 3 heterocycles. The summed E-state index contributed by atoms with van der Waals surface area (Å²) in [6.07, 6.45) is 11.0. The van der Waals surface area contributed by atoms with Gasteiger partial charge in [-0.2, -0.15) is 0 Å². The van der Waals surface area contributed by atoms with E-state index in [9.17, 15) is 4.79 Å². The van der Waals surface area contributed by atoms with Crippen LogP contribution in [0.15, 0.2) is 29.7 Å². The molecule has 0 N–H and O–H groups in total. The second-order valence-corrected chi connectivity index (χ2v) is 8.36. The fourth-order valence-corrected chi connectivity index (χ4v) is 5.43. The fraction of sp³-hybridized carbons (Fsp3) is 0.600. The first-order valence-electron chi connectivity index (χ1n) is 10.0. The molecule has 0 aromatic carbocycles. The molecule has 2 atom stereocenters. The minimum absolute atomic E-state index is 0.257. The third-order valence-electron chi connectivity index (χ3n) is 5.86. The third kappa shape index (κ3) is 3.88. The van der Waals surface area contributed by atoms with Crippen molar-refractivity contribution in [3.05, 3.63) is 24.5 Å². The highest BCUT2D eigenvalue weighted by atomic mass is 32.2. The Balaban J connectivity index is 1.44. The number of pyridine rings is 1. The lowest BCUT2D eigenvalue weighted by Gasteiger charge is -2.44. The molecule has 0 bridgehead atoms. The summed E-state index contributed by atoms with van der Waals surface area (Å²) in [5.74, 6) is 2.25. The Labute approximate surface area is 164 Å². The van der Waals surface area contributed by atoms with Crippen LogP contribution in [0.5, 0.6) is 0 Å². The molecule has 1 aliphatic heterocycles. The van der Waals surface area contributed by atoms with Crippen LogP contribution in [-0.2, 0) is 11.3 Å². The summed E-state index contributed by atoms with van der Waals surface area (Å²) >= 11 is 1.51. The van der Waals surface area contributed by atoms with Crippen molar-refractivity contribution in [2.45, 2.75) is 63.2 Å². The predicted octanol–water partition coefficient (Wildman–Crippen LogP) is 3.63. The minimum atomic E-state index is 0.257. The highest BCUT2D eigenvalue weighted by molar-refractivity contribution is 7.99. The van der Waals surface area contributed by atoms with E-state index in [-0.39, 0.29) is 5.91 Å². The molecule has 2 aromatic rings. The van der Waals surface area contributed by atoms with E-state index in [2.05, 4.69) is 31.6 Å². The van der Waals surface area contributed by atoms with Gasteiger partial charge in [0, 0.05) is 37.1 Å². The number of likely N-dealkylation sites (tertiary alicyclic amines) is 1. The summed E-state index contributed by atoms with van der Waals surface area (Å²) < 4.78 is 2.08. The third-order valence-corrected chi connectivity index (χ3v) is 6.81. The van der Waals surface area contributed by atoms with Crippen LogP contribution in [0.25, 0.3) is 11.4 Å². The number of rotatable bonds is 5. The van der Waals surface area contributed by atoms with Gasteiger partial charge in [-0.3, -0.25) is 9.78 Å². The van der Waals surface area contributed by atoms with Crippen LogP contribution in [0.3, 0.4) is 0 Å². The number of piperidine rings is 1. The van der Waals surface area contributed by atoms with Gasteiger partial charge in [-0.15, -0.1) is 10.2 Å². The van der Waals surface area contributed by atoms with Crippen molar-refractivity contribution < 1.29 is 4.79 Å². The number of nitrogens with zero attached hydrogens (tertiary/aromatic N) is 5. The molecule has 2 fully saturated rings.